The summed E-state index contributed by atoms with van der Waals surface area (Å²) in [6.07, 6.45) is 2.64. The molecule has 0 saturated carbocycles. The van der Waals surface area contributed by atoms with E-state index in [1.165, 1.54) is 0 Å². The third-order valence-electron chi connectivity index (χ3n) is 1.73. The van der Waals surface area contributed by atoms with Gasteiger partial charge in [-0.2, -0.15) is 0 Å². The Morgan fingerprint density at radius 3 is 2.73 bits per heavy atom. The first-order valence-corrected chi connectivity index (χ1v) is 4.94. The van der Waals surface area contributed by atoms with Crippen molar-refractivity contribution in [1.29, 1.82) is 0 Å². The molecule has 0 aliphatic carbocycles. The molecule has 0 radical (unpaired) electrons. The molecule has 0 amide bonds. The zero-order valence-corrected chi connectivity index (χ0v) is 9.43. The molecule has 15 heavy (non-hydrogen) atoms. The fraction of sp³-hybridized carbons (Fsp3) is 0.700. The Labute approximate surface area is 89.8 Å². The van der Waals surface area contributed by atoms with E-state index in [0.717, 1.165) is 6.42 Å². The Morgan fingerprint density at radius 2 is 2.27 bits per heavy atom. The minimum atomic E-state index is -0.974. The SMILES string of the molecule is CCCC(O/N=C(\C)CC=NC)C(=O)O. The van der Waals surface area contributed by atoms with Gasteiger partial charge >= 0.3 is 5.97 Å². The summed E-state index contributed by atoms with van der Waals surface area (Å²) < 4.78 is 0. The first kappa shape index (κ1) is 13.6. The van der Waals surface area contributed by atoms with Gasteiger partial charge in [0, 0.05) is 19.7 Å². The highest BCUT2D eigenvalue weighted by Gasteiger charge is 2.17. The van der Waals surface area contributed by atoms with Gasteiger partial charge in [-0.1, -0.05) is 18.5 Å². The van der Waals surface area contributed by atoms with E-state index in [4.69, 9.17) is 9.94 Å². The molecule has 1 N–H and O–H groups in total. The molecule has 0 fully saturated rings. The first-order chi connectivity index (χ1) is 7.11. The molecule has 1 atom stereocenters. The van der Waals surface area contributed by atoms with Crippen molar-refractivity contribution in [3.63, 3.8) is 0 Å². The van der Waals surface area contributed by atoms with E-state index >= 15 is 0 Å². The van der Waals surface area contributed by atoms with Crippen molar-refractivity contribution in [3.05, 3.63) is 0 Å². The number of carboxylic acids is 1. The number of rotatable bonds is 7. The van der Waals surface area contributed by atoms with Gasteiger partial charge in [0.2, 0.25) is 6.10 Å². The second-order valence-corrected chi connectivity index (χ2v) is 3.19. The van der Waals surface area contributed by atoms with Crippen LogP contribution in [-0.4, -0.2) is 36.2 Å². The highest BCUT2D eigenvalue weighted by Crippen LogP contribution is 2.03. The summed E-state index contributed by atoms with van der Waals surface area (Å²) in [6, 6.07) is 0. The Kier molecular flexibility index (Phi) is 7.23. The van der Waals surface area contributed by atoms with Crippen LogP contribution in [0.25, 0.3) is 0 Å². The van der Waals surface area contributed by atoms with Crippen LogP contribution < -0.4 is 0 Å². The van der Waals surface area contributed by atoms with Gasteiger partial charge in [-0.15, -0.1) is 0 Å². The minimum absolute atomic E-state index is 0.466. The molecular formula is C10H18N2O3. The van der Waals surface area contributed by atoms with E-state index in [1.54, 1.807) is 20.2 Å². The lowest BCUT2D eigenvalue weighted by atomic mass is 10.2. The van der Waals surface area contributed by atoms with E-state index < -0.39 is 12.1 Å². The number of carbonyl (C=O) groups is 1. The molecule has 0 saturated heterocycles. The van der Waals surface area contributed by atoms with E-state index in [2.05, 4.69) is 10.1 Å². The maximum absolute atomic E-state index is 10.7. The summed E-state index contributed by atoms with van der Waals surface area (Å²) in [5, 5.41) is 12.5. The quantitative estimate of drug-likeness (QED) is 0.518. The number of aliphatic carboxylic acids is 1. The minimum Gasteiger partial charge on any atom is -0.478 e. The summed E-state index contributed by atoms with van der Waals surface area (Å²) >= 11 is 0. The van der Waals surface area contributed by atoms with Crippen LogP contribution in [0.3, 0.4) is 0 Å². The zero-order valence-electron chi connectivity index (χ0n) is 9.43. The van der Waals surface area contributed by atoms with E-state index in [-0.39, 0.29) is 0 Å². The number of carboxylic acid groups (broad SMARTS) is 1. The van der Waals surface area contributed by atoms with Crippen molar-refractivity contribution in [3.8, 4) is 0 Å². The highest BCUT2D eigenvalue weighted by atomic mass is 16.6. The van der Waals surface area contributed by atoms with Gasteiger partial charge in [0.15, 0.2) is 0 Å². The molecule has 0 aromatic carbocycles. The molecule has 0 rings (SSSR count). The predicted molar refractivity (Wildman–Crippen MR) is 59.6 cm³/mol. The summed E-state index contributed by atoms with van der Waals surface area (Å²) in [7, 11) is 1.67. The second-order valence-electron chi connectivity index (χ2n) is 3.19. The maximum atomic E-state index is 10.7. The van der Waals surface area contributed by atoms with Crippen LogP contribution in [0.2, 0.25) is 0 Å². The van der Waals surface area contributed by atoms with E-state index in [1.807, 2.05) is 6.92 Å². The van der Waals surface area contributed by atoms with Crippen LogP contribution >= 0.6 is 0 Å². The fourth-order valence-corrected chi connectivity index (χ4v) is 0.898. The van der Waals surface area contributed by atoms with Crippen molar-refractivity contribution in [2.24, 2.45) is 10.1 Å². The molecule has 0 aromatic heterocycles. The van der Waals surface area contributed by atoms with Gasteiger partial charge < -0.3 is 14.9 Å². The molecule has 0 aromatic rings. The molecule has 0 heterocycles. The number of nitrogens with zero attached hydrogens (tertiary/aromatic N) is 2. The van der Waals surface area contributed by atoms with Crippen molar-refractivity contribution in [2.45, 2.75) is 39.2 Å². The van der Waals surface area contributed by atoms with Crippen LogP contribution in [0.5, 0.6) is 0 Å². The van der Waals surface area contributed by atoms with Gasteiger partial charge in [0.05, 0.1) is 5.71 Å². The summed E-state index contributed by atoms with van der Waals surface area (Å²) in [4.78, 5) is 19.4. The summed E-state index contributed by atoms with van der Waals surface area (Å²) in [6.45, 7) is 3.67. The standard InChI is InChI=1S/C10H18N2O3/c1-4-5-9(10(13)14)15-12-8(2)6-7-11-3/h7,9H,4-6H2,1-3H3,(H,13,14)/b11-7?,12-8+. The lowest BCUT2D eigenvalue weighted by molar-refractivity contribution is -0.150. The van der Waals surface area contributed by atoms with Crippen LogP contribution in [0, 0.1) is 0 Å². The van der Waals surface area contributed by atoms with Crippen molar-refractivity contribution < 1.29 is 14.7 Å². The Hall–Kier alpha value is -1.39. The van der Waals surface area contributed by atoms with Gasteiger partial charge in [-0.3, -0.25) is 0 Å². The van der Waals surface area contributed by atoms with Crippen molar-refractivity contribution in [1.82, 2.24) is 0 Å². The van der Waals surface area contributed by atoms with Crippen molar-refractivity contribution >= 4 is 17.9 Å². The normalized spacial score (nSPS) is 14.2. The van der Waals surface area contributed by atoms with E-state index in [0.29, 0.717) is 18.6 Å². The third kappa shape index (κ3) is 6.65. The molecule has 0 aliphatic heterocycles. The average molecular weight is 214 g/mol. The molecular weight excluding hydrogens is 196 g/mol. The number of oxime groups is 1. The smallest absolute Gasteiger partial charge is 0.347 e. The second kappa shape index (κ2) is 7.96. The maximum Gasteiger partial charge on any atom is 0.347 e. The largest absolute Gasteiger partial charge is 0.478 e. The molecule has 1 unspecified atom stereocenters. The summed E-state index contributed by atoms with van der Waals surface area (Å²) in [5.74, 6) is -0.974. The zero-order chi connectivity index (χ0) is 11.7. The molecule has 0 spiro atoms. The molecule has 0 aliphatic rings. The lowest BCUT2D eigenvalue weighted by Gasteiger charge is -2.09. The predicted octanol–water partition coefficient (Wildman–Crippen LogP) is 1.72. The Bertz CT molecular complexity index is 249. The Balaban J connectivity index is 4.11. The monoisotopic (exact) mass is 214 g/mol. The lowest BCUT2D eigenvalue weighted by Crippen LogP contribution is -2.22. The van der Waals surface area contributed by atoms with Gasteiger partial charge in [0.25, 0.3) is 0 Å². The first-order valence-electron chi connectivity index (χ1n) is 4.94. The molecule has 86 valence electrons. The molecule has 5 heteroatoms. The van der Waals surface area contributed by atoms with Gasteiger partial charge in [0.1, 0.15) is 0 Å². The number of hydrogen-bond acceptors (Lipinski definition) is 4. The highest BCUT2D eigenvalue weighted by molar-refractivity contribution is 5.93. The number of aliphatic imine (C=N–C) groups is 1. The number of hydrogen-bond donors (Lipinski definition) is 1. The average Bonchev–Trinajstić information content (AvgIpc) is 2.20. The fourth-order valence-electron chi connectivity index (χ4n) is 0.898. The van der Waals surface area contributed by atoms with Gasteiger partial charge in [-0.25, -0.2) is 4.79 Å². The van der Waals surface area contributed by atoms with E-state index in [9.17, 15) is 4.79 Å². The van der Waals surface area contributed by atoms with Gasteiger partial charge in [-0.05, 0) is 13.3 Å². The topological polar surface area (TPSA) is 71.2 Å². The van der Waals surface area contributed by atoms with Crippen LogP contribution in [0.1, 0.15) is 33.1 Å². The van der Waals surface area contributed by atoms with Crippen LogP contribution in [-0.2, 0) is 9.63 Å². The third-order valence-corrected chi connectivity index (χ3v) is 1.73. The Morgan fingerprint density at radius 1 is 1.60 bits per heavy atom. The summed E-state index contributed by atoms with van der Waals surface area (Å²) in [5.41, 5.74) is 0.711. The molecule has 5 nitrogen and oxygen atoms in total. The molecule has 0 bridgehead atoms. The van der Waals surface area contributed by atoms with Crippen LogP contribution in [0.15, 0.2) is 10.1 Å². The van der Waals surface area contributed by atoms with Crippen molar-refractivity contribution in [2.75, 3.05) is 7.05 Å². The van der Waals surface area contributed by atoms with Crippen LogP contribution in [0.4, 0.5) is 0 Å².